The molecule has 2 atom stereocenters. The zero-order valence-electron chi connectivity index (χ0n) is 11.4. The number of amides is 1. The minimum Gasteiger partial charge on any atom is -0.396 e. The molecule has 3 N–H and O–H groups in total. The molecule has 1 heterocycles. The highest BCUT2D eigenvalue weighted by Crippen LogP contribution is 2.07. The van der Waals surface area contributed by atoms with Gasteiger partial charge in [0.25, 0.3) is 0 Å². The predicted octanol–water partition coefficient (Wildman–Crippen LogP) is 0.278. The number of aliphatic hydroxyl groups is 1. The summed E-state index contributed by atoms with van der Waals surface area (Å²) in [6.45, 7) is 6.40. The predicted molar refractivity (Wildman–Crippen MR) is 70.3 cm³/mol. The molecule has 1 saturated heterocycles. The van der Waals surface area contributed by atoms with Crippen molar-refractivity contribution >= 4 is 5.91 Å². The summed E-state index contributed by atoms with van der Waals surface area (Å²) in [5, 5.41) is 15.1. The van der Waals surface area contributed by atoms with Crippen LogP contribution < -0.4 is 10.6 Å². The third-order valence-electron chi connectivity index (χ3n) is 3.50. The highest BCUT2D eigenvalue weighted by Gasteiger charge is 2.16. The lowest BCUT2D eigenvalue weighted by molar-refractivity contribution is -0.123. The summed E-state index contributed by atoms with van der Waals surface area (Å²) >= 11 is 0. The molecule has 0 aromatic heterocycles. The average Bonchev–Trinajstić information content (AvgIpc) is 2.38. The first-order valence-corrected chi connectivity index (χ1v) is 6.86. The quantitative estimate of drug-likeness (QED) is 0.613. The van der Waals surface area contributed by atoms with Crippen LogP contribution in [0.4, 0.5) is 0 Å². The summed E-state index contributed by atoms with van der Waals surface area (Å²) in [5.74, 6) is 0.0796. The van der Waals surface area contributed by atoms with Crippen LogP contribution in [0.3, 0.4) is 0 Å². The van der Waals surface area contributed by atoms with Crippen LogP contribution in [0.25, 0.3) is 0 Å². The molecule has 0 aliphatic carbocycles. The molecule has 1 rings (SSSR count). The van der Waals surface area contributed by atoms with Crippen molar-refractivity contribution < 1.29 is 14.6 Å². The summed E-state index contributed by atoms with van der Waals surface area (Å²) in [6.07, 6.45) is 2.75. The van der Waals surface area contributed by atoms with E-state index < -0.39 is 0 Å². The SMILES string of the molecule is CC(CO)C(C)NC(=O)CCOC1CCNCC1. The molecule has 0 bridgehead atoms. The van der Waals surface area contributed by atoms with Gasteiger partial charge in [-0.25, -0.2) is 0 Å². The van der Waals surface area contributed by atoms with Crippen LogP contribution in [0.15, 0.2) is 0 Å². The monoisotopic (exact) mass is 258 g/mol. The molecule has 18 heavy (non-hydrogen) atoms. The zero-order valence-corrected chi connectivity index (χ0v) is 11.4. The third kappa shape index (κ3) is 5.80. The maximum atomic E-state index is 11.6. The van der Waals surface area contributed by atoms with Gasteiger partial charge in [0.2, 0.25) is 5.91 Å². The van der Waals surface area contributed by atoms with E-state index >= 15 is 0 Å². The second-order valence-corrected chi connectivity index (χ2v) is 5.09. The normalized spacial score (nSPS) is 20.4. The van der Waals surface area contributed by atoms with E-state index in [0.29, 0.717) is 19.1 Å². The molecule has 0 saturated carbocycles. The Balaban J connectivity index is 2.09. The van der Waals surface area contributed by atoms with Crippen LogP contribution in [-0.4, -0.2) is 49.5 Å². The van der Waals surface area contributed by atoms with Gasteiger partial charge in [0.05, 0.1) is 12.7 Å². The van der Waals surface area contributed by atoms with Gasteiger partial charge in [-0.15, -0.1) is 0 Å². The van der Waals surface area contributed by atoms with Crippen LogP contribution in [0.5, 0.6) is 0 Å². The summed E-state index contributed by atoms with van der Waals surface area (Å²) in [6, 6.07) is 0.00128. The fraction of sp³-hybridized carbons (Fsp3) is 0.923. The maximum Gasteiger partial charge on any atom is 0.222 e. The second-order valence-electron chi connectivity index (χ2n) is 5.09. The molecule has 1 aliphatic heterocycles. The fourth-order valence-corrected chi connectivity index (χ4v) is 1.91. The van der Waals surface area contributed by atoms with Crippen molar-refractivity contribution in [2.75, 3.05) is 26.3 Å². The molecule has 5 nitrogen and oxygen atoms in total. The van der Waals surface area contributed by atoms with E-state index in [1.807, 2.05) is 13.8 Å². The molecular formula is C13H26N2O3. The van der Waals surface area contributed by atoms with Crippen molar-refractivity contribution in [2.45, 2.75) is 45.3 Å². The minimum absolute atomic E-state index is 0.00128. The maximum absolute atomic E-state index is 11.6. The van der Waals surface area contributed by atoms with E-state index in [1.54, 1.807) is 0 Å². The first-order valence-electron chi connectivity index (χ1n) is 6.86. The first kappa shape index (κ1) is 15.4. The van der Waals surface area contributed by atoms with Gasteiger partial charge in [0.1, 0.15) is 0 Å². The minimum atomic E-state index is -0.00302. The van der Waals surface area contributed by atoms with Crippen LogP contribution in [0.2, 0.25) is 0 Å². The molecule has 1 fully saturated rings. The standard InChI is InChI=1S/C13H26N2O3/c1-10(9-16)11(2)15-13(17)5-8-18-12-3-6-14-7-4-12/h10-12,14,16H,3-9H2,1-2H3,(H,15,17). The summed E-state index contributed by atoms with van der Waals surface area (Å²) < 4.78 is 5.67. The van der Waals surface area contributed by atoms with Gasteiger partial charge in [0, 0.05) is 19.1 Å². The molecule has 0 spiro atoms. The molecule has 0 aromatic carbocycles. The molecule has 106 valence electrons. The van der Waals surface area contributed by atoms with Crippen LogP contribution in [0.1, 0.15) is 33.1 Å². The Bertz CT molecular complexity index is 242. The summed E-state index contributed by atoms with van der Waals surface area (Å²) in [7, 11) is 0. The van der Waals surface area contributed by atoms with E-state index in [4.69, 9.17) is 9.84 Å². The number of hydrogen-bond acceptors (Lipinski definition) is 4. The van der Waals surface area contributed by atoms with Crippen LogP contribution >= 0.6 is 0 Å². The zero-order chi connectivity index (χ0) is 13.4. The van der Waals surface area contributed by atoms with Gasteiger partial charge in [-0.1, -0.05) is 6.92 Å². The number of nitrogens with one attached hydrogen (secondary N) is 2. The van der Waals surface area contributed by atoms with Gasteiger partial charge in [-0.2, -0.15) is 0 Å². The molecule has 1 aliphatic rings. The smallest absolute Gasteiger partial charge is 0.222 e. The van der Waals surface area contributed by atoms with Gasteiger partial charge in [-0.3, -0.25) is 4.79 Å². The number of carbonyl (C=O) groups excluding carboxylic acids is 1. The Morgan fingerprint density at radius 3 is 2.72 bits per heavy atom. The van der Waals surface area contributed by atoms with Crippen molar-refractivity contribution in [3.8, 4) is 0 Å². The number of carbonyl (C=O) groups is 1. The van der Waals surface area contributed by atoms with E-state index in [-0.39, 0.29) is 24.5 Å². The highest BCUT2D eigenvalue weighted by molar-refractivity contribution is 5.76. The Morgan fingerprint density at radius 2 is 2.11 bits per heavy atom. The second kappa shape index (κ2) is 8.45. The number of piperidine rings is 1. The molecule has 0 radical (unpaired) electrons. The topological polar surface area (TPSA) is 70.6 Å². The number of hydrogen-bond donors (Lipinski definition) is 3. The highest BCUT2D eigenvalue weighted by atomic mass is 16.5. The van der Waals surface area contributed by atoms with Crippen LogP contribution in [0, 0.1) is 5.92 Å². The molecular weight excluding hydrogens is 232 g/mol. The van der Waals surface area contributed by atoms with E-state index in [0.717, 1.165) is 25.9 Å². The first-order chi connectivity index (χ1) is 8.63. The van der Waals surface area contributed by atoms with E-state index in [2.05, 4.69) is 10.6 Å². The molecule has 5 heteroatoms. The Hall–Kier alpha value is -0.650. The average molecular weight is 258 g/mol. The summed E-state index contributed by atoms with van der Waals surface area (Å²) in [4.78, 5) is 11.6. The van der Waals surface area contributed by atoms with Gasteiger partial charge >= 0.3 is 0 Å². The fourth-order valence-electron chi connectivity index (χ4n) is 1.91. The van der Waals surface area contributed by atoms with E-state index in [1.165, 1.54) is 0 Å². The number of ether oxygens (including phenoxy) is 1. The third-order valence-corrected chi connectivity index (χ3v) is 3.50. The van der Waals surface area contributed by atoms with Gasteiger partial charge in [0.15, 0.2) is 0 Å². The Labute approximate surface area is 109 Å². The molecule has 1 amide bonds. The molecule has 0 aromatic rings. The van der Waals surface area contributed by atoms with Crippen molar-refractivity contribution in [1.82, 2.24) is 10.6 Å². The Morgan fingerprint density at radius 1 is 1.44 bits per heavy atom. The number of rotatable bonds is 7. The lowest BCUT2D eigenvalue weighted by Crippen LogP contribution is -2.39. The summed E-state index contributed by atoms with van der Waals surface area (Å²) in [5.41, 5.74) is 0. The van der Waals surface area contributed by atoms with Crippen molar-refractivity contribution in [3.05, 3.63) is 0 Å². The van der Waals surface area contributed by atoms with Gasteiger partial charge in [-0.05, 0) is 38.8 Å². The molecule has 2 unspecified atom stereocenters. The van der Waals surface area contributed by atoms with Crippen LogP contribution in [-0.2, 0) is 9.53 Å². The lowest BCUT2D eigenvalue weighted by atomic mass is 10.1. The Kier molecular flexibility index (Phi) is 7.23. The van der Waals surface area contributed by atoms with Crippen molar-refractivity contribution in [2.24, 2.45) is 5.92 Å². The van der Waals surface area contributed by atoms with Crippen molar-refractivity contribution in [3.63, 3.8) is 0 Å². The lowest BCUT2D eigenvalue weighted by Gasteiger charge is -2.23. The largest absolute Gasteiger partial charge is 0.396 e. The van der Waals surface area contributed by atoms with Crippen molar-refractivity contribution in [1.29, 1.82) is 0 Å². The number of aliphatic hydroxyl groups excluding tert-OH is 1. The van der Waals surface area contributed by atoms with E-state index in [9.17, 15) is 4.79 Å². The van der Waals surface area contributed by atoms with Gasteiger partial charge < -0.3 is 20.5 Å².